The molecular formula is C15H13F2NO2. The molecule has 0 unspecified atom stereocenters. The van der Waals surface area contributed by atoms with E-state index in [9.17, 15) is 13.6 Å². The van der Waals surface area contributed by atoms with Gasteiger partial charge in [-0.15, -0.1) is 0 Å². The third-order valence-electron chi connectivity index (χ3n) is 2.95. The molecule has 3 nitrogen and oxygen atoms in total. The summed E-state index contributed by atoms with van der Waals surface area (Å²) >= 11 is 0. The van der Waals surface area contributed by atoms with Crippen LogP contribution in [0.5, 0.6) is 0 Å². The fourth-order valence-electron chi connectivity index (χ4n) is 2.06. The molecule has 0 bridgehead atoms. The zero-order valence-corrected chi connectivity index (χ0v) is 10.8. The van der Waals surface area contributed by atoms with Gasteiger partial charge in [-0.3, -0.25) is 0 Å². The van der Waals surface area contributed by atoms with Crippen LogP contribution in [0.2, 0.25) is 0 Å². The normalized spacial score (nSPS) is 10.3. The summed E-state index contributed by atoms with van der Waals surface area (Å²) in [6.07, 6.45) is 0. The number of benzene rings is 2. The Labute approximate surface area is 115 Å². The number of carbonyl (C=O) groups is 1. The van der Waals surface area contributed by atoms with Crippen molar-refractivity contribution >= 4 is 17.3 Å². The van der Waals surface area contributed by atoms with Crippen LogP contribution in [0.15, 0.2) is 42.5 Å². The highest BCUT2D eigenvalue weighted by atomic mass is 19.1. The minimum Gasteiger partial charge on any atom is -0.478 e. The number of nitrogens with zero attached hydrogens (tertiary/aromatic N) is 1. The first-order valence-corrected chi connectivity index (χ1v) is 6.09. The summed E-state index contributed by atoms with van der Waals surface area (Å²) in [5, 5.41) is 9.16. The van der Waals surface area contributed by atoms with Gasteiger partial charge in [0.05, 0.1) is 5.69 Å². The minimum atomic E-state index is -1.33. The lowest BCUT2D eigenvalue weighted by Crippen LogP contribution is -2.20. The van der Waals surface area contributed by atoms with Crippen LogP contribution in [0.1, 0.15) is 17.3 Å². The van der Waals surface area contributed by atoms with Crippen LogP contribution in [-0.2, 0) is 0 Å². The molecule has 104 valence electrons. The second kappa shape index (κ2) is 5.69. The van der Waals surface area contributed by atoms with E-state index in [-0.39, 0.29) is 11.5 Å². The summed E-state index contributed by atoms with van der Waals surface area (Å²) in [5.41, 5.74) is 0.451. The van der Waals surface area contributed by atoms with Gasteiger partial charge in [0, 0.05) is 12.2 Å². The molecule has 0 spiro atoms. The molecule has 0 heterocycles. The van der Waals surface area contributed by atoms with Crippen LogP contribution < -0.4 is 4.90 Å². The Morgan fingerprint density at radius 3 is 2.35 bits per heavy atom. The number of hydrogen-bond donors (Lipinski definition) is 1. The second-order valence-electron chi connectivity index (χ2n) is 4.16. The van der Waals surface area contributed by atoms with Gasteiger partial charge >= 0.3 is 5.97 Å². The number of halogens is 2. The van der Waals surface area contributed by atoms with Gasteiger partial charge in [0.1, 0.15) is 17.2 Å². The molecule has 0 fully saturated rings. The number of carboxylic acids is 1. The summed E-state index contributed by atoms with van der Waals surface area (Å²) in [7, 11) is 0. The molecule has 0 radical (unpaired) electrons. The second-order valence-corrected chi connectivity index (χ2v) is 4.16. The lowest BCUT2D eigenvalue weighted by Gasteiger charge is -2.25. The largest absolute Gasteiger partial charge is 0.478 e. The molecule has 20 heavy (non-hydrogen) atoms. The maximum Gasteiger partial charge on any atom is 0.340 e. The van der Waals surface area contributed by atoms with Crippen molar-refractivity contribution in [1.82, 2.24) is 0 Å². The summed E-state index contributed by atoms with van der Waals surface area (Å²) in [6, 6.07) is 9.67. The van der Waals surface area contributed by atoms with Gasteiger partial charge in [-0.1, -0.05) is 6.07 Å². The zero-order valence-electron chi connectivity index (χ0n) is 10.8. The smallest absolute Gasteiger partial charge is 0.340 e. The van der Waals surface area contributed by atoms with E-state index >= 15 is 0 Å². The van der Waals surface area contributed by atoms with E-state index in [1.807, 2.05) is 0 Å². The van der Waals surface area contributed by atoms with E-state index < -0.39 is 17.3 Å². The van der Waals surface area contributed by atoms with E-state index in [1.54, 1.807) is 11.8 Å². The lowest BCUT2D eigenvalue weighted by molar-refractivity contribution is 0.0692. The van der Waals surface area contributed by atoms with Gasteiger partial charge < -0.3 is 10.0 Å². The van der Waals surface area contributed by atoms with Gasteiger partial charge in [-0.2, -0.15) is 0 Å². The van der Waals surface area contributed by atoms with Crippen molar-refractivity contribution in [2.24, 2.45) is 0 Å². The van der Waals surface area contributed by atoms with Crippen molar-refractivity contribution < 1.29 is 18.7 Å². The predicted molar refractivity (Wildman–Crippen MR) is 72.4 cm³/mol. The van der Waals surface area contributed by atoms with Crippen molar-refractivity contribution in [2.75, 3.05) is 11.4 Å². The number of anilines is 2. The average molecular weight is 277 g/mol. The summed E-state index contributed by atoms with van der Waals surface area (Å²) < 4.78 is 26.7. The SMILES string of the molecule is CCN(c1ccc(F)cc1)c1cccc(F)c1C(=O)O. The molecule has 2 aromatic carbocycles. The number of carboxylic acid groups (broad SMARTS) is 1. The van der Waals surface area contributed by atoms with Crippen molar-refractivity contribution in [3.8, 4) is 0 Å². The highest BCUT2D eigenvalue weighted by Gasteiger charge is 2.20. The molecule has 0 saturated heterocycles. The van der Waals surface area contributed by atoms with Gasteiger partial charge in [-0.25, -0.2) is 13.6 Å². The van der Waals surface area contributed by atoms with Gasteiger partial charge in [-0.05, 0) is 43.3 Å². The number of rotatable bonds is 4. The zero-order chi connectivity index (χ0) is 14.7. The van der Waals surface area contributed by atoms with Crippen LogP contribution in [-0.4, -0.2) is 17.6 Å². The Morgan fingerprint density at radius 1 is 1.15 bits per heavy atom. The van der Waals surface area contributed by atoms with Crippen molar-refractivity contribution in [3.63, 3.8) is 0 Å². The van der Waals surface area contributed by atoms with E-state index in [1.165, 1.54) is 36.4 Å². The molecule has 2 aromatic rings. The first-order chi connectivity index (χ1) is 9.54. The van der Waals surface area contributed by atoms with Crippen LogP contribution in [0.4, 0.5) is 20.2 Å². The Balaban J connectivity index is 2.55. The summed E-state index contributed by atoms with van der Waals surface area (Å²) in [4.78, 5) is 12.8. The maximum atomic E-state index is 13.7. The van der Waals surface area contributed by atoms with E-state index in [4.69, 9.17) is 5.11 Å². The van der Waals surface area contributed by atoms with Crippen LogP contribution >= 0.6 is 0 Å². The minimum absolute atomic E-state index is 0.242. The van der Waals surface area contributed by atoms with Crippen molar-refractivity contribution in [1.29, 1.82) is 0 Å². The first-order valence-electron chi connectivity index (χ1n) is 6.09. The molecule has 0 aliphatic carbocycles. The molecule has 0 aromatic heterocycles. The Bertz CT molecular complexity index is 626. The molecule has 1 N–H and O–H groups in total. The molecule has 0 aliphatic heterocycles. The molecule has 0 atom stereocenters. The van der Waals surface area contributed by atoms with E-state index in [0.717, 1.165) is 6.07 Å². The van der Waals surface area contributed by atoms with Gasteiger partial charge in [0.25, 0.3) is 0 Å². The average Bonchev–Trinajstić information content (AvgIpc) is 2.41. The molecule has 0 aliphatic rings. The third-order valence-corrected chi connectivity index (χ3v) is 2.95. The molecule has 5 heteroatoms. The molecular weight excluding hydrogens is 264 g/mol. The monoisotopic (exact) mass is 277 g/mol. The standard InChI is InChI=1S/C15H13F2NO2/c1-2-18(11-8-6-10(16)7-9-11)13-5-3-4-12(17)14(13)15(19)20/h3-9H,2H2,1H3,(H,19,20). The Hall–Kier alpha value is -2.43. The number of hydrogen-bond acceptors (Lipinski definition) is 2. The van der Waals surface area contributed by atoms with E-state index in [0.29, 0.717) is 12.2 Å². The summed E-state index contributed by atoms with van der Waals surface area (Å²) in [5.74, 6) is -2.52. The summed E-state index contributed by atoms with van der Waals surface area (Å²) in [6.45, 7) is 2.23. The van der Waals surface area contributed by atoms with Crippen LogP contribution in [0.3, 0.4) is 0 Å². The number of aromatic carboxylic acids is 1. The van der Waals surface area contributed by atoms with Crippen LogP contribution in [0.25, 0.3) is 0 Å². The van der Waals surface area contributed by atoms with E-state index in [2.05, 4.69) is 0 Å². The van der Waals surface area contributed by atoms with Gasteiger partial charge in [0.15, 0.2) is 0 Å². The Morgan fingerprint density at radius 2 is 1.80 bits per heavy atom. The molecule has 2 rings (SSSR count). The fraction of sp³-hybridized carbons (Fsp3) is 0.133. The Kier molecular flexibility index (Phi) is 3.98. The van der Waals surface area contributed by atoms with Crippen molar-refractivity contribution in [2.45, 2.75) is 6.92 Å². The highest BCUT2D eigenvalue weighted by molar-refractivity contribution is 5.96. The predicted octanol–water partition coefficient (Wildman–Crippen LogP) is 3.82. The molecule has 0 amide bonds. The van der Waals surface area contributed by atoms with Crippen LogP contribution in [0, 0.1) is 11.6 Å². The highest BCUT2D eigenvalue weighted by Crippen LogP contribution is 2.30. The lowest BCUT2D eigenvalue weighted by atomic mass is 10.1. The first kappa shape index (κ1) is 14.0. The van der Waals surface area contributed by atoms with Gasteiger partial charge in [0.2, 0.25) is 0 Å². The topological polar surface area (TPSA) is 40.5 Å². The third kappa shape index (κ3) is 2.61. The fourth-order valence-corrected chi connectivity index (χ4v) is 2.06. The maximum absolute atomic E-state index is 13.7. The molecule has 0 saturated carbocycles. The van der Waals surface area contributed by atoms with Crippen molar-refractivity contribution in [3.05, 3.63) is 59.7 Å². The quantitative estimate of drug-likeness (QED) is 0.923.